The van der Waals surface area contributed by atoms with Crippen LogP contribution >= 0.6 is 0 Å². The van der Waals surface area contributed by atoms with Gasteiger partial charge in [0, 0.05) is 11.3 Å². The lowest BCUT2D eigenvalue weighted by molar-refractivity contribution is 0.102. The second-order valence-corrected chi connectivity index (χ2v) is 4.27. The predicted octanol–water partition coefficient (Wildman–Crippen LogP) is 2.13. The van der Waals surface area contributed by atoms with Gasteiger partial charge in [-0.15, -0.1) is 0 Å². The number of aliphatic hydroxyl groups excluding tert-OH is 1. The highest BCUT2D eigenvalue weighted by Crippen LogP contribution is 2.13. The zero-order valence-corrected chi connectivity index (χ0v) is 11.4. The number of hydrogen-bond acceptors (Lipinski definition) is 3. The summed E-state index contributed by atoms with van der Waals surface area (Å²) < 4.78 is 13.3. The summed E-state index contributed by atoms with van der Waals surface area (Å²) in [4.78, 5) is 16.4. The Bertz CT molecular complexity index is 733. The lowest BCUT2D eigenvalue weighted by atomic mass is 10.1. The minimum absolute atomic E-state index is 0.0965. The number of anilines is 1. The van der Waals surface area contributed by atoms with Crippen molar-refractivity contribution in [1.82, 2.24) is 4.98 Å². The molecular weight excluding hydrogens is 271 g/mol. The first-order chi connectivity index (χ1) is 10.1. The van der Waals surface area contributed by atoms with Gasteiger partial charge >= 0.3 is 0 Å². The molecule has 0 aliphatic heterocycles. The van der Waals surface area contributed by atoms with Crippen LogP contribution in [0.2, 0.25) is 0 Å². The number of nitrogens with one attached hydrogen (secondary N) is 1. The molecule has 0 aliphatic carbocycles. The average Bonchev–Trinajstić information content (AvgIpc) is 2.46. The van der Waals surface area contributed by atoms with Crippen LogP contribution in [0.5, 0.6) is 0 Å². The van der Waals surface area contributed by atoms with Gasteiger partial charge in [-0.2, -0.15) is 0 Å². The Balaban J connectivity index is 2.32. The lowest BCUT2D eigenvalue weighted by Gasteiger charge is -2.07. The molecule has 2 rings (SSSR count). The summed E-state index contributed by atoms with van der Waals surface area (Å²) in [5, 5.41) is 11.3. The zero-order valence-electron chi connectivity index (χ0n) is 11.4. The van der Waals surface area contributed by atoms with E-state index in [0.717, 1.165) is 11.8 Å². The van der Waals surface area contributed by atoms with Crippen LogP contribution in [0.4, 0.5) is 10.2 Å². The van der Waals surface area contributed by atoms with Gasteiger partial charge in [0.05, 0.1) is 5.56 Å². The van der Waals surface area contributed by atoms with Crippen LogP contribution in [-0.4, -0.2) is 22.6 Å². The summed E-state index contributed by atoms with van der Waals surface area (Å²) in [5.41, 5.74) is 1.20. The largest absolute Gasteiger partial charge is 0.384 e. The summed E-state index contributed by atoms with van der Waals surface area (Å²) >= 11 is 0. The molecule has 0 bridgehead atoms. The number of rotatable bonds is 2. The molecule has 0 radical (unpaired) electrons. The van der Waals surface area contributed by atoms with Crippen molar-refractivity contribution < 1.29 is 14.3 Å². The van der Waals surface area contributed by atoms with Gasteiger partial charge in [0.2, 0.25) is 0 Å². The summed E-state index contributed by atoms with van der Waals surface area (Å²) in [5.74, 6) is 4.40. The molecule has 106 valence electrons. The first-order valence-corrected chi connectivity index (χ1v) is 6.24. The van der Waals surface area contributed by atoms with E-state index in [-0.39, 0.29) is 12.2 Å². The van der Waals surface area contributed by atoms with Crippen molar-refractivity contribution in [2.45, 2.75) is 6.92 Å². The first-order valence-electron chi connectivity index (χ1n) is 6.24. The van der Waals surface area contributed by atoms with Crippen LogP contribution in [0.1, 0.15) is 21.6 Å². The van der Waals surface area contributed by atoms with E-state index in [2.05, 4.69) is 22.1 Å². The fourth-order valence-corrected chi connectivity index (χ4v) is 1.74. The highest BCUT2D eigenvalue weighted by atomic mass is 19.1. The monoisotopic (exact) mass is 284 g/mol. The number of amides is 1. The standard InChI is InChI=1S/C16H13FN2O2/c1-11-4-2-6-15(18-11)19-16(21)14-10-13(17)8-7-12(14)5-3-9-20/h2,4,6-8,10,20H,9H2,1H3,(H,18,19,21). The van der Waals surface area contributed by atoms with Crippen LogP contribution in [0.3, 0.4) is 0 Å². The zero-order chi connectivity index (χ0) is 15.2. The molecule has 0 spiro atoms. The molecule has 2 N–H and O–H groups in total. The van der Waals surface area contributed by atoms with E-state index >= 15 is 0 Å². The number of carbonyl (C=O) groups excluding carboxylic acids is 1. The van der Waals surface area contributed by atoms with Crippen molar-refractivity contribution in [3.05, 3.63) is 59.0 Å². The second kappa shape index (κ2) is 6.64. The second-order valence-electron chi connectivity index (χ2n) is 4.27. The van der Waals surface area contributed by atoms with Crippen molar-refractivity contribution in [3.63, 3.8) is 0 Å². The van der Waals surface area contributed by atoms with Crippen LogP contribution in [0.15, 0.2) is 36.4 Å². The molecule has 5 heteroatoms. The van der Waals surface area contributed by atoms with Crippen molar-refractivity contribution in [1.29, 1.82) is 0 Å². The maximum absolute atomic E-state index is 13.3. The van der Waals surface area contributed by atoms with Crippen molar-refractivity contribution >= 4 is 11.7 Å². The van der Waals surface area contributed by atoms with Gasteiger partial charge in [-0.05, 0) is 37.3 Å². The average molecular weight is 284 g/mol. The minimum atomic E-state index is -0.535. The number of nitrogens with zero attached hydrogens (tertiary/aromatic N) is 1. The number of aromatic nitrogens is 1. The quantitative estimate of drug-likeness (QED) is 0.830. The molecule has 0 fully saturated rings. The molecule has 21 heavy (non-hydrogen) atoms. The summed E-state index contributed by atoms with van der Waals surface area (Å²) in [6.45, 7) is 1.47. The summed E-state index contributed by atoms with van der Waals surface area (Å²) in [6, 6.07) is 8.92. The maximum Gasteiger partial charge on any atom is 0.258 e. The van der Waals surface area contributed by atoms with E-state index in [4.69, 9.17) is 5.11 Å². The molecule has 0 saturated carbocycles. The van der Waals surface area contributed by atoms with Gasteiger partial charge in [-0.1, -0.05) is 17.9 Å². The highest BCUT2D eigenvalue weighted by Gasteiger charge is 2.12. The van der Waals surface area contributed by atoms with Crippen LogP contribution in [0, 0.1) is 24.6 Å². The lowest BCUT2D eigenvalue weighted by Crippen LogP contribution is -2.15. The first kappa shape index (κ1) is 14.7. The number of aryl methyl sites for hydroxylation is 1. The maximum atomic E-state index is 13.3. The van der Waals surface area contributed by atoms with Crippen LogP contribution in [0.25, 0.3) is 0 Å². The molecule has 4 nitrogen and oxygen atoms in total. The molecule has 0 saturated heterocycles. The van der Waals surface area contributed by atoms with Crippen molar-refractivity contribution in [2.75, 3.05) is 11.9 Å². The van der Waals surface area contributed by atoms with E-state index in [1.165, 1.54) is 12.1 Å². The van der Waals surface area contributed by atoms with E-state index in [0.29, 0.717) is 11.4 Å². The molecule has 0 atom stereocenters. The molecule has 1 heterocycles. The van der Waals surface area contributed by atoms with Gasteiger partial charge in [0.1, 0.15) is 18.2 Å². The van der Waals surface area contributed by atoms with E-state index < -0.39 is 11.7 Å². The number of carbonyl (C=O) groups is 1. The summed E-state index contributed by atoms with van der Waals surface area (Å²) in [6.07, 6.45) is 0. The minimum Gasteiger partial charge on any atom is -0.384 e. The number of aliphatic hydroxyl groups is 1. The number of hydrogen-bond donors (Lipinski definition) is 2. The van der Waals surface area contributed by atoms with Crippen LogP contribution in [-0.2, 0) is 0 Å². The summed E-state index contributed by atoms with van der Waals surface area (Å²) in [7, 11) is 0. The van der Waals surface area contributed by atoms with E-state index in [1.54, 1.807) is 25.1 Å². The fraction of sp³-hybridized carbons (Fsp3) is 0.125. The Morgan fingerprint density at radius 2 is 2.19 bits per heavy atom. The highest BCUT2D eigenvalue weighted by molar-refractivity contribution is 6.05. The van der Waals surface area contributed by atoms with E-state index in [1.807, 2.05) is 0 Å². The molecule has 1 aromatic carbocycles. The molecular formula is C16H13FN2O2. The third-order valence-corrected chi connectivity index (χ3v) is 2.66. The molecule has 1 aromatic heterocycles. The SMILES string of the molecule is Cc1cccc(NC(=O)c2cc(F)ccc2C#CCO)n1. The molecule has 1 amide bonds. The van der Waals surface area contributed by atoms with Gasteiger partial charge < -0.3 is 10.4 Å². The van der Waals surface area contributed by atoms with Crippen molar-refractivity contribution in [3.8, 4) is 11.8 Å². The van der Waals surface area contributed by atoms with Gasteiger partial charge in [-0.3, -0.25) is 4.79 Å². The van der Waals surface area contributed by atoms with Crippen LogP contribution < -0.4 is 5.32 Å². The third kappa shape index (κ3) is 3.88. The number of pyridine rings is 1. The Labute approximate surface area is 121 Å². The number of benzene rings is 1. The smallest absolute Gasteiger partial charge is 0.258 e. The third-order valence-electron chi connectivity index (χ3n) is 2.66. The topological polar surface area (TPSA) is 62.2 Å². The predicted molar refractivity (Wildman–Crippen MR) is 77.3 cm³/mol. The van der Waals surface area contributed by atoms with E-state index in [9.17, 15) is 9.18 Å². The Kier molecular flexibility index (Phi) is 4.64. The molecule has 0 unspecified atom stereocenters. The Morgan fingerprint density at radius 3 is 2.90 bits per heavy atom. The van der Waals surface area contributed by atoms with Crippen molar-refractivity contribution in [2.24, 2.45) is 0 Å². The molecule has 2 aromatic rings. The van der Waals surface area contributed by atoms with Gasteiger partial charge in [0.25, 0.3) is 5.91 Å². The number of halogens is 1. The Hall–Kier alpha value is -2.71. The fourth-order valence-electron chi connectivity index (χ4n) is 1.74. The molecule has 0 aliphatic rings. The Morgan fingerprint density at radius 1 is 1.38 bits per heavy atom. The van der Waals surface area contributed by atoms with Gasteiger partial charge in [-0.25, -0.2) is 9.37 Å². The normalized spacial score (nSPS) is 9.67. The van der Waals surface area contributed by atoms with Gasteiger partial charge in [0.15, 0.2) is 0 Å².